The first-order valence-corrected chi connectivity index (χ1v) is 9.71. The fourth-order valence-electron chi connectivity index (χ4n) is 2.00. The van der Waals surface area contributed by atoms with Crippen LogP contribution in [0.25, 0.3) is 0 Å². The topological polar surface area (TPSA) is 73.8 Å². The minimum absolute atomic E-state index is 0. The van der Waals surface area contributed by atoms with Crippen molar-refractivity contribution < 1.29 is 12.8 Å². The van der Waals surface area contributed by atoms with Crippen molar-refractivity contribution in [2.75, 3.05) is 32.4 Å². The molecule has 0 bridgehead atoms. The van der Waals surface area contributed by atoms with Crippen LogP contribution < -0.4 is 10.6 Å². The van der Waals surface area contributed by atoms with Crippen molar-refractivity contribution in [1.82, 2.24) is 14.9 Å². The van der Waals surface area contributed by atoms with Gasteiger partial charge in [0.2, 0.25) is 10.0 Å². The van der Waals surface area contributed by atoms with Crippen LogP contribution in [-0.4, -0.2) is 51.1 Å². The molecule has 6 nitrogen and oxygen atoms in total. The zero-order valence-electron chi connectivity index (χ0n) is 15.0. The fourth-order valence-corrected chi connectivity index (χ4v) is 2.85. The van der Waals surface area contributed by atoms with E-state index in [-0.39, 0.29) is 42.1 Å². The van der Waals surface area contributed by atoms with Gasteiger partial charge in [0.25, 0.3) is 0 Å². The third-order valence-electron chi connectivity index (χ3n) is 3.49. The lowest BCUT2D eigenvalue weighted by Crippen LogP contribution is -2.39. The van der Waals surface area contributed by atoms with E-state index in [1.807, 2.05) is 6.92 Å². The third kappa shape index (κ3) is 8.82. The number of sulfonamides is 1. The molecule has 0 saturated heterocycles. The molecule has 1 aromatic carbocycles. The molecule has 0 aliphatic carbocycles. The lowest BCUT2D eigenvalue weighted by molar-refractivity contribution is 0.461. The van der Waals surface area contributed by atoms with Crippen molar-refractivity contribution in [2.24, 2.45) is 4.99 Å². The third-order valence-corrected chi connectivity index (χ3v) is 5.35. The molecule has 1 rings (SSSR count). The van der Waals surface area contributed by atoms with Crippen LogP contribution in [0.5, 0.6) is 0 Å². The van der Waals surface area contributed by atoms with Crippen LogP contribution in [0, 0.1) is 5.82 Å². The summed E-state index contributed by atoms with van der Waals surface area (Å²) in [5.41, 5.74) is 0.531. The monoisotopic (exact) mass is 486 g/mol. The van der Waals surface area contributed by atoms with Gasteiger partial charge in [0.05, 0.1) is 12.3 Å². The van der Waals surface area contributed by atoms with Crippen molar-refractivity contribution in [2.45, 2.75) is 26.8 Å². The second-order valence-corrected chi connectivity index (χ2v) is 7.65. The van der Waals surface area contributed by atoms with Crippen LogP contribution >= 0.6 is 24.0 Å². The van der Waals surface area contributed by atoms with Crippen molar-refractivity contribution in [3.05, 3.63) is 35.6 Å². The van der Waals surface area contributed by atoms with Crippen molar-refractivity contribution in [1.29, 1.82) is 0 Å². The molecule has 0 radical (unpaired) electrons. The Labute approximate surface area is 167 Å². The number of rotatable bonds is 9. The number of nitrogens with one attached hydrogen (secondary N) is 2. The second-order valence-electron chi connectivity index (χ2n) is 5.29. The summed E-state index contributed by atoms with van der Waals surface area (Å²) in [4.78, 5) is 4.35. The Hall–Kier alpha value is -0.940. The number of aliphatic imine (C=N–C) groups is 1. The Morgan fingerprint density at radius 1 is 1.24 bits per heavy atom. The molecule has 9 heteroatoms. The second kappa shape index (κ2) is 12.4. The quantitative estimate of drug-likeness (QED) is 0.243. The normalized spacial score (nSPS) is 12.0. The summed E-state index contributed by atoms with van der Waals surface area (Å²) in [6.45, 7) is 5.52. The van der Waals surface area contributed by atoms with Crippen LogP contribution in [0.15, 0.2) is 29.3 Å². The van der Waals surface area contributed by atoms with Gasteiger partial charge in [0.15, 0.2) is 5.96 Å². The lowest BCUT2D eigenvalue weighted by Gasteiger charge is -2.16. The molecule has 0 spiro atoms. The van der Waals surface area contributed by atoms with Crippen LogP contribution in [0.3, 0.4) is 0 Å². The minimum atomic E-state index is -3.14. The molecular weight excluding hydrogens is 458 g/mol. The summed E-state index contributed by atoms with van der Waals surface area (Å²) in [5, 5.41) is 6.22. The van der Waals surface area contributed by atoms with Gasteiger partial charge >= 0.3 is 0 Å². The van der Waals surface area contributed by atoms with E-state index in [4.69, 9.17) is 0 Å². The van der Waals surface area contributed by atoms with E-state index < -0.39 is 10.0 Å². The first-order valence-electron chi connectivity index (χ1n) is 8.10. The van der Waals surface area contributed by atoms with E-state index in [0.717, 1.165) is 0 Å². The van der Waals surface area contributed by atoms with E-state index in [9.17, 15) is 12.8 Å². The smallest absolute Gasteiger partial charge is 0.213 e. The molecule has 25 heavy (non-hydrogen) atoms. The molecule has 0 aliphatic heterocycles. The highest BCUT2D eigenvalue weighted by Crippen LogP contribution is 2.07. The van der Waals surface area contributed by atoms with E-state index in [1.165, 1.54) is 10.4 Å². The number of nitrogens with zero attached hydrogens (tertiary/aromatic N) is 2. The van der Waals surface area contributed by atoms with Crippen LogP contribution in [0.4, 0.5) is 4.39 Å². The Kier molecular flexibility index (Phi) is 12.0. The molecule has 0 fully saturated rings. The predicted molar refractivity (Wildman–Crippen MR) is 111 cm³/mol. The highest BCUT2D eigenvalue weighted by Gasteiger charge is 2.13. The number of benzene rings is 1. The number of halogens is 2. The maximum Gasteiger partial charge on any atom is 0.213 e. The van der Waals surface area contributed by atoms with Gasteiger partial charge in [-0.2, -0.15) is 0 Å². The van der Waals surface area contributed by atoms with Gasteiger partial charge in [0, 0.05) is 32.2 Å². The summed E-state index contributed by atoms with van der Waals surface area (Å²) < 4.78 is 38.3. The first kappa shape index (κ1) is 24.1. The summed E-state index contributed by atoms with van der Waals surface area (Å²) >= 11 is 0. The number of hydrogen-bond donors (Lipinski definition) is 2. The maximum absolute atomic E-state index is 13.6. The SMILES string of the molecule is CCNC(=NCc1ccccc1F)NCCCN(C)S(=O)(=O)CC.I. The van der Waals surface area contributed by atoms with Gasteiger partial charge < -0.3 is 10.6 Å². The van der Waals surface area contributed by atoms with E-state index in [2.05, 4.69) is 15.6 Å². The zero-order chi connectivity index (χ0) is 18.0. The summed E-state index contributed by atoms with van der Waals surface area (Å²) in [6, 6.07) is 6.54. The molecule has 0 aliphatic rings. The van der Waals surface area contributed by atoms with Crippen LogP contribution in [-0.2, 0) is 16.6 Å². The zero-order valence-corrected chi connectivity index (χ0v) is 18.1. The van der Waals surface area contributed by atoms with Crippen LogP contribution in [0.1, 0.15) is 25.8 Å². The van der Waals surface area contributed by atoms with Gasteiger partial charge in [-0.15, -0.1) is 24.0 Å². The standard InChI is InChI=1S/C16H27FN4O2S.HI/c1-4-18-16(20-13-14-9-6-7-10-15(14)17)19-11-8-12-21(3)24(22,23)5-2;/h6-7,9-10H,4-5,8,11-13H2,1-3H3,(H2,18,19,20);1H. The first-order chi connectivity index (χ1) is 11.4. The Balaban J connectivity index is 0.00000576. The molecule has 2 N–H and O–H groups in total. The van der Waals surface area contributed by atoms with E-state index >= 15 is 0 Å². The van der Waals surface area contributed by atoms with Gasteiger partial charge in [-0.3, -0.25) is 0 Å². The average molecular weight is 486 g/mol. The van der Waals surface area contributed by atoms with Crippen molar-refractivity contribution >= 4 is 40.0 Å². The fraction of sp³-hybridized carbons (Fsp3) is 0.562. The molecule has 0 unspecified atom stereocenters. The molecule has 0 amide bonds. The summed E-state index contributed by atoms with van der Waals surface area (Å²) in [5.74, 6) is 0.411. The summed E-state index contributed by atoms with van der Waals surface area (Å²) in [7, 11) is -1.56. The average Bonchev–Trinajstić information content (AvgIpc) is 2.57. The largest absolute Gasteiger partial charge is 0.357 e. The molecule has 0 aromatic heterocycles. The predicted octanol–water partition coefficient (Wildman–Crippen LogP) is 2.17. The number of guanidine groups is 1. The van der Waals surface area contributed by atoms with Gasteiger partial charge in [-0.25, -0.2) is 22.1 Å². The van der Waals surface area contributed by atoms with E-state index in [0.29, 0.717) is 37.6 Å². The van der Waals surface area contributed by atoms with E-state index in [1.54, 1.807) is 32.2 Å². The van der Waals surface area contributed by atoms with Gasteiger partial charge in [-0.1, -0.05) is 18.2 Å². The Bertz CT molecular complexity index is 641. The molecule has 144 valence electrons. The minimum Gasteiger partial charge on any atom is -0.357 e. The van der Waals surface area contributed by atoms with Gasteiger partial charge in [-0.05, 0) is 26.3 Å². The highest BCUT2D eigenvalue weighted by atomic mass is 127. The van der Waals surface area contributed by atoms with Crippen molar-refractivity contribution in [3.63, 3.8) is 0 Å². The van der Waals surface area contributed by atoms with Gasteiger partial charge in [0.1, 0.15) is 5.82 Å². The maximum atomic E-state index is 13.6. The van der Waals surface area contributed by atoms with Crippen molar-refractivity contribution in [3.8, 4) is 0 Å². The molecule has 0 atom stereocenters. The van der Waals surface area contributed by atoms with Crippen LogP contribution in [0.2, 0.25) is 0 Å². The molecule has 0 heterocycles. The Morgan fingerprint density at radius 3 is 2.52 bits per heavy atom. The lowest BCUT2D eigenvalue weighted by atomic mass is 10.2. The Morgan fingerprint density at radius 2 is 1.92 bits per heavy atom. The highest BCUT2D eigenvalue weighted by molar-refractivity contribution is 14.0. The summed E-state index contributed by atoms with van der Waals surface area (Å²) in [6.07, 6.45) is 0.653. The molecule has 0 saturated carbocycles. The number of hydrogen-bond acceptors (Lipinski definition) is 3. The molecular formula is C16H28FIN4O2S. The molecule has 1 aromatic rings.